The van der Waals surface area contributed by atoms with Crippen molar-refractivity contribution in [2.45, 2.75) is 51.2 Å². The molecule has 0 spiro atoms. The molecule has 3 aromatic rings. The molecular formula is C21H23ClN4O2. The lowest BCUT2D eigenvalue weighted by atomic mass is 9.92. The number of benzene rings is 1. The monoisotopic (exact) mass is 398 g/mol. The number of fused-ring (bicyclic) bond motifs is 1. The van der Waals surface area contributed by atoms with Crippen LogP contribution in [0.3, 0.4) is 0 Å². The molecule has 0 aliphatic heterocycles. The van der Waals surface area contributed by atoms with Gasteiger partial charge in [-0.1, -0.05) is 30.5 Å². The number of rotatable bonds is 4. The Morgan fingerprint density at radius 1 is 1.32 bits per heavy atom. The molecule has 1 aromatic carbocycles. The molecule has 2 aromatic heterocycles. The number of carbonyl (C=O) groups is 1. The summed E-state index contributed by atoms with van der Waals surface area (Å²) in [5.74, 6) is -0.196. The predicted octanol–water partition coefficient (Wildman–Crippen LogP) is 3.54. The molecule has 3 N–H and O–H groups in total. The number of amides is 1. The normalized spacial score (nSPS) is 19.7. The van der Waals surface area contributed by atoms with Crippen molar-refractivity contribution >= 4 is 28.5 Å². The van der Waals surface area contributed by atoms with Crippen molar-refractivity contribution in [1.29, 1.82) is 0 Å². The molecule has 2 heterocycles. The number of nitrogens with one attached hydrogen (secondary N) is 2. The number of pyridine rings is 1. The van der Waals surface area contributed by atoms with Gasteiger partial charge in [0.05, 0.1) is 35.1 Å². The number of halogens is 1. The molecule has 1 aliphatic carbocycles. The molecular weight excluding hydrogens is 376 g/mol. The molecule has 1 amide bonds. The summed E-state index contributed by atoms with van der Waals surface area (Å²) in [6, 6.07) is 5.46. The number of carbonyl (C=O) groups excluding carboxylic acids is 1. The van der Waals surface area contributed by atoms with E-state index in [0.717, 1.165) is 47.9 Å². The fourth-order valence-corrected chi connectivity index (χ4v) is 4.12. The highest BCUT2D eigenvalue weighted by Crippen LogP contribution is 2.27. The van der Waals surface area contributed by atoms with E-state index >= 15 is 0 Å². The van der Waals surface area contributed by atoms with Gasteiger partial charge in [0.25, 0.3) is 5.91 Å². The Morgan fingerprint density at radius 3 is 2.93 bits per heavy atom. The largest absolute Gasteiger partial charge is 0.391 e. The third-order valence-corrected chi connectivity index (χ3v) is 5.91. The van der Waals surface area contributed by atoms with Crippen LogP contribution < -0.4 is 5.32 Å². The number of nitrogens with zero attached hydrogens (tertiary/aromatic N) is 2. The Hall–Kier alpha value is -2.44. The third kappa shape index (κ3) is 3.62. The fraction of sp³-hybridized carbons (Fsp3) is 0.381. The van der Waals surface area contributed by atoms with Crippen molar-refractivity contribution in [1.82, 2.24) is 20.3 Å². The van der Waals surface area contributed by atoms with Crippen LogP contribution in [0.2, 0.25) is 5.15 Å². The Kier molecular flexibility index (Phi) is 5.33. The lowest BCUT2D eigenvalue weighted by Gasteiger charge is -2.28. The van der Waals surface area contributed by atoms with Gasteiger partial charge in [-0.15, -0.1) is 0 Å². The van der Waals surface area contributed by atoms with E-state index in [-0.39, 0.29) is 11.9 Å². The number of aromatic nitrogens is 3. The van der Waals surface area contributed by atoms with Gasteiger partial charge in [-0.2, -0.15) is 0 Å². The van der Waals surface area contributed by atoms with Gasteiger partial charge in [0.2, 0.25) is 0 Å². The zero-order chi connectivity index (χ0) is 19.7. The van der Waals surface area contributed by atoms with E-state index in [0.29, 0.717) is 22.7 Å². The quantitative estimate of drug-likeness (QED) is 0.586. The van der Waals surface area contributed by atoms with Crippen molar-refractivity contribution in [3.8, 4) is 0 Å². The van der Waals surface area contributed by atoms with Crippen LogP contribution in [-0.2, 0) is 6.42 Å². The van der Waals surface area contributed by atoms with Crippen LogP contribution in [0, 0.1) is 6.92 Å². The van der Waals surface area contributed by atoms with Crippen LogP contribution >= 0.6 is 11.6 Å². The average molecular weight is 399 g/mol. The summed E-state index contributed by atoms with van der Waals surface area (Å²) in [6.07, 6.45) is 6.86. The first-order valence-electron chi connectivity index (χ1n) is 9.58. The first-order valence-corrected chi connectivity index (χ1v) is 9.96. The van der Waals surface area contributed by atoms with Gasteiger partial charge in [-0.25, -0.2) is 9.97 Å². The zero-order valence-electron chi connectivity index (χ0n) is 15.7. The second-order valence-electron chi connectivity index (χ2n) is 7.40. The van der Waals surface area contributed by atoms with Crippen LogP contribution in [0.4, 0.5) is 0 Å². The summed E-state index contributed by atoms with van der Waals surface area (Å²) in [7, 11) is 0. The van der Waals surface area contributed by atoms with Crippen molar-refractivity contribution in [3.63, 3.8) is 0 Å². The highest BCUT2D eigenvalue weighted by atomic mass is 35.5. The van der Waals surface area contributed by atoms with Gasteiger partial charge in [-0.05, 0) is 48.6 Å². The third-order valence-electron chi connectivity index (χ3n) is 5.57. The molecule has 0 saturated heterocycles. The number of aliphatic hydroxyl groups excluding tert-OH is 1. The van der Waals surface area contributed by atoms with E-state index in [1.165, 1.54) is 0 Å². The second kappa shape index (κ2) is 7.89. The van der Waals surface area contributed by atoms with E-state index in [9.17, 15) is 9.90 Å². The SMILES string of the molecule is Cc1c(Cc2cccnc2Cl)cc(C(=O)N[C@H]2CCCC[C@@H]2O)c2[nH]cnc12. The van der Waals surface area contributed by atoms with E-state index in [1.54, 1.807) is 12.5 Å². The number of imidazole rings is 1. The average Bonchev–Trinajstić information content (AvgIpc) is 3.17. The van der Waals surface area contributed by atoms with Gasteiger partial charge < -0.3 is 15.4 Å². The summed E-state index contributed by atoms with van der Waals surface area (Å²) in [4.78, 5) is 24.7. The van der Waals surface area contributed by atoms with E-state index in [1.807, 2.05) is 25.1 Å². The van der Waals surface area contributed by atoms with Gasteiger partial charge in [0, 0.05) is 12.6 Å². The highest BCUT2D eigenvalue weighted by molar-refractivity contribution is 6.30. The van der Waals surface area contributed by atoms with Crippen LogP contribution in [-0.4, -0.2) is 38.1 Å². The minimum absolute atomic E-state index is 0.196. The Labute approximate surface area is 168 Å². The maximum Gasteiger partial charge on any atom is 0.253 e. The van der Waals surface area contributed by atoms with Gasteiger partial charge in [0.15, 0.2) is 0 Å². The predicted molar refractivity (Wildman–Crippen MR) is 109 cm³/mol. The molecule has 2 atom stereocenters. The second-order valence-corrected chi connectivity index (χ2v) is 7.75. The standard InChI is InChI=1S/C21H23ClN4O2/c1-12-14(9-13-5-4-8-23-20(13)22)10-15(19-18(12)24-11-25-19)21(28)26-16-6-2-3-7-17(16)27/h4-5,8,10-11,16-17,27H,2-3,6-7,9H2,1H3,(H,24,25)(H,26,28)/t16-,17-/m0/s1. The number of aromatic amines is 1. The number of hydrogen-bond donors (Lipinski definition) is 3. The molecule has 146 valence electrons. The summed E-state index contributed by atoms with van der Waals surface area (Å²) >= 11 is 6.23. The Bertz CT molecular complexity index is 1020. The molecule has 6 nitrogen and oxygen atoms in total. The maximum atomic E-state index is 13.0. The molecule has 1 saturated carbocycles. The first-order chi connectivity index (χ1) is 13.5. The molecule has 0 radical (unpaired) electrons. The minimum atomic E-state index is -0.492. The zero-order valence-corrected chi connectivity index (χ0v) is 16.5. The minimum Gasteiger partial charge on any atom is -0.391 e. The summed E-state index contributed by atoms with van der Waals surface area (Å²) < 4.78 is 0. The van der Waals surface area contributed by atoms with Gasteiger partial charge >= 0.3 is 0 Å². The molecule has 4 rings (SSSR count). The van der Waals surface area contributed by atoms with Crippen molar-refractivity contribution < 1.29 is 9.90 Å². The van der Waals surface area contributed by atoms with Crippen LogP contribution in [0.5, 0.6) is 0 Å². The molecule has 1 fully saturated rings. The molecule has 0 bridgehead atoms. The van der Waals surface area contributed by atoms with Gasteiger partial charge in [-0.3, -0.25) is 4.79 Å². The van der Waals surface area contributed by atoms with E-state index < -0.39 is 6.10 Å². The summed E-state index contributed by atoms with van der Waals surface area (Å²) in [5.41, 5.74) is 4.89. The van der Waals surface area contributed by atoms with E-state index in [2.05, 4.69) is 20.3 Å². The van der Waals surface area contributed by atoms with Crippen molar-refractivity contribution in [2.24, 2.45) is 0 Å². The molecule has 0 unspecified atom stereocenters. The summed E-state index contributed by atoms with van der Waals surface area (Å²) in [6.45, 7) is 2.00. The van der Waals surface area contributed by atoms with Crippen molar-refractivity contribution in [2.75, 3.05) is 0 Å². The topological polar surface area (TPSA) is 90.9 Å². The van der Waals surface area contributed by atoms with Gasteiger partial charge in [0.1, 0.15) is 5.15 Å². The van der Waals surface area contributed by atoms with Crippen LogP contribution in [0.25, 0.3) is 11.0 Å². The molecule has 7 heteroatoms. The van der Waals surface area contributed by atoms with Crippen molar-refractivity contribution in [3.05, 3.63) is 58.1 Å². The number of H-pyrrole nitrogens is 1. The fourth-order valence-electron chi connectivity index (χ4n) is 3.94. The smallest absolute Gasteiger partial charge is 0.253 e. The van der Waals surface area contributed by atoms with E-state index in [4.69, 9.17) is 11.6 Å². The van der Waals surface area contributed by atoms with Crippen LogP contribution in [0.15, 0.2) is 30.7 Å². The van der Waals surface area contributed by atoms with Crippen LogP contribution in [0.1, 0.15) is 52.7 Å². The Balaban J connectivity index is 1.69. The highest BCUT2D eigenvalue weighted by Gasteiger charge is 2.26. The Morgan fingerprint density at radius 2 is 2.14 bits per heavy atom. The molecule has 1 aliphatic rings. The number of hydrogen-bond acceptors (Lipinski definition) is 4. The number of aryl methyl sites for hydroxylation is 1. The number of aliphatic hydroxyl groups is 1. The maximum absolute atomic E-state index is 13.0. The molecule has 28 heavy (non-hydrogen) atoms. The lowest BCUT2D eigenvalue weighted by Crippen LogP contribution is -2.45. The first kappa shape index (κ1) is 18.9. The lowest BCUT2D eigenvalue weighted by molar-refractivity contribution is 0.0718. The summed E-state index contributed by atoms with van der Waals surface area (Å²) in [5, 5.41) is 13.7.